The van der Waals surface area contributed by atoms with Gasteiger partial charge in [-0.1, -0.05) is 13.8 Å². The Morgan fingerprint density at radius 2 is 2.16 bits per heavy atom. The van der Waals surface area contributed by atoms with E-state index in [1.807, 2.05) is 0 Å². The molecule has 1 rings (SSSR count). The normalized spacial score (nSPS) is 10.5. The zero-order valence-electron chi connectivity index (χ0n) is 10.9. The fraction of sp³-hybridized carbons (Fsp3) is 0.462. The van der Waals surface area contributed by atoms with Gasteiger partial charge in [0.2, 0.25) is 5.82 Å². The van der Waals surface area contributed by atoms with Crippen LogP contribution in [0.5, 0.6) is 0 Å². The molecule has 0 radical (unpaired) electrons. The first-order valence-corrected chi connectivity index (χ1v) is 6.03. The van der Waals surface area contributed by atoms with Crippen molar-refractivity contribution in [1.82, 2.24) is 0 Å². The molecule has 0 bridgehead atoms. The van der Waals surface area contributed by atoms with E-state index in [0.29, 0.717) is 5.92 Å². The largest absolute Gasteiger partial charge is 0.462 e. The van der Waals surface area contributed by atoms with Gasteiger partial charge in [0.15, 0.2) is 0 Å². The molecule has 0 unspecified atom stereocenters. The second-order valence-corrected chi connectivity index (χ2v) is 4.60. The van der Waals surface area contributed by atoms with Gasteiger partial charge in [0.05, 0.1) is 17.1 Å². The molecule has 0 spiro atoms. The van der Waals surface area contributed by atoms with Crippen LogP contribution in [-0.4, -0.2) is 17.5 Å². The van der Waals surface area contributed by atoms with Crippen LogP contribution in [0.2, 0.25) is 0 Å². The van der Waals surface area contributed by atoms with Crippen molar-refractivity contribution in [3.05, 3.63) is 39.7 Å². The third-order valence-corrected chi connectivity index (χ3v) is 2.54. The SMILES string of the molecule is CC(C)CCCOC(=O)c1ccc(F)c([N+](=O)[O-])c1. The molecule has 6 heteroatoms. The van der Waals surface area contributed by atoms with Gasteiger partial charge in [-0.2, -0.15) is 4.39 Å². The van der Waals surface area contributed by atoms with Crippen molar-refractivity contribution in [2.75, 3.05) is 6.61 Å². The molecular weight excluding hydrogens is 253 g/mol. The van der Waals surface area contributed by atoms with Crippen molar-refractivity contribution in [3.63, 3.8) is 0 Å². The average Bonchev–Trinajstić information content (AvgIpc) is 2.34. The number of benzene rings is 1. The number of carbonyl (C=O) groups is 1. The maximum absolute atomic E-state index is 13.1. The van der Waals surface area contributed by atoms with Crippen molar-refractivity contribution < 1.29 is 18.8 Å². The average molecular weight is 269 g/mol. The quantitative estimate of drug-likeness (QED) is 0.344. The molecule has 0 aromatic heterocycles. The molecule has 19 heavy (non-hydrogen) atoms. The Balaban J connectivity index is 2.62. The molecule has 0 saturated carbocycles. The van der Waals surface area contributed by atoms with Crippen molar-refractivity contribution in [1.29, 1.82) is 0 Å². The number of halogens is 1. The van der Waals surface area contributed by atoms with Gasteiger partial charge in [-0.25, -0.2) is 4.79 Å². The second-order valence-electron chi connectivity index (χ2n) is 4.60. The number of rotatable bonds is 6. The number of hydrogen-bond acceptors (Lipinski definition) is 4. The molecular formula is C13H16FNO4. The van der Waals surface area contributed by atoms with Crippen LogP contribution >= 0.6 is 0 Å². The van der Waals surface area contributed by atoms with Crippen LogP contribution in [0.3, 0.4) is 0 Å². The summed E-state index contributed by atoms with van der Waals surface area (Å²) in [7, 11) is 0. The molecule has 1 aromatic carbocycles. The van der Waals surface area contributed by atoms with Crippen molar-refractivity contribution in [2.45, 2.75) is 26.7 Å². The lowest BCUT2D eigenvalue weighted by Crippen LogP contribution is -2.08. The Bertz CT molecular complexity index is 474. The lowest BCUT2D eigenvalue weighted by Gasteiger charge is -2.06. The van der Waals surface area contributed by atoms with E-state index in [1.165, 1.54) is 6.07 Å². The maximum Gasteiger partial charge on any atom is 0.338 e. The third kappa shape index (κ3) is 4.65. The molecule has 0 aliphatic rings. The Labute approximate surface area is 110 Å². The van der Waals surface area contributed by atoms with Gasteiger partial charge in [0.25, 0.3) is 0 Å². The fourth-order valence-corrected chi connectivity index (χ4v) is 1.52. The Kier molecular flexibility index (Phi) is 5.41. The minimum Gasteiger partial charge on any atom is -0.462 e. The second kappa shape index (κ2) is 6.82. The number of nitro benzene ring substituents is 1. The number of esters is 1. The van der Waals surface area contributed by atoms with Gasteiger partial charge >= 0.3 is 11.7 Å². The molecule has 5 nitrogen and oxygen atoms in total. The molecule has 1 aromatic rings. The monoisotopic (exact) mass is 269 g/mol. The van der Waals surface area contributed by atoms with Gasteiger partial charge in [-0.15, -0.1) is 0 Å². The van der Waals surface area contributed by atoms with Gasteiger partial charge in [-0.05, 0) is 30.9 Å². The van der Waals surface area contributed by atoms with Crippen molar-refractivity contribution in [3.8, 4) is 0 Å². The van der Waals surface area contributed by atoms with E-state index >= 15 is 0 Å². The summed E-state index contributed by atoms with van der Waals surface area (Å²) in [5.74, 6) is -1.13. The first kappa shape index (κ1) is 15.1. The van der Waals surface area contributed by atoms with E-state index in [2.05, 4.69) is 13.8 Å². The molecule has 104 valence electrons. The molecule has 0 aliphatic heterocycles. The van der Waals surface area contributed by atoms with Gasteiger partial charge in [-0.3, -0.25) is 10.1 Å². The molecule has 0 amide bonds. The van der Waals surface area contributed by atoms with Crippen LogP contribution in [0.4, 0.5) is 10.1 Å². The zero-order valence-corrected chi connectivity index (χ0v) is 10.9. The summed E-state index contributed by atoms with van der Waals surface area (Å²) in [5.41, 5.74) is -0.741. The van der Waals surface area contributed by atoms with Crippen LogP contribution in [0.1, 0.15) is 37.0 Å². The number of nitrogens with zero attached hydrogens (tertiary/aromatic N) is 1. The van der Waals surface area contributed by atoms with E-state index in [-0.39, 0.29) is 12.2 Å². The number of nitro groups is 1. The predicted molar refractivity (Wildman–Crippen MR) is 67.4 cm³/mol. The third-order valence-electron chi connectivity index (χ3n) is 2.54. The highest BCUT2D eigenvalue weighted by Gasteiger charge is 2.18. The summed E-state index contributed by atoms with van der Waals surface area (Å²) in [6.45, 7) is 4.37. The summed E-state index contributed by atoms with van der Waals surface area (Å²) in [4.78, 5) is 21.3. The van der Waals surface area contributed by atoms with Crippen LogP contribution < -0.4 is 0 Å². The summed E-state index contributed by atoms with van der Waals surface area (Å²) in [6.07, 6.45) is 1.66. The Morgan fingerprint density at radius 3 is 2.74 bits per heavy atom. The van der Waals surface area contributed by atoms with Gasteiger partial charge < -0.3 is 4.74 Å². The first-order valence-electron chi connectivity index (χ1n) is 6.03. The van der Waals surface area contributed by atoms with E-state index in [0.717, 1.165) is 25.0 Å². The van der Waals surface area contributed by atoms with Gasteiger partial charge in [0.1, 0.15) is 0 Å². The maximum atomic E-state index is 13.1. The Morgan fingerprint density at radius 1 is 1.47 bits per heavy atom. The molecule has 0 aliphatic carbocycles. The number of hydrogen-bond donors (Lipinski definition) is 0. The topological polar surface area (TPSA) is 69.4 Å². The van der Waals surface area contributed by atoms with Crippen LogP contribution in [0, 0.1) is 21.8 Å². The zero-order chi connectivity index (χ0) is 14.4. The highest BCUT2D eigenvalue weighted by molar-refractivity contribution is 5.90. The van der Waals surface area contributed by atoms with Crippen LogP contribution in [-0.2, 0) is 4.74 Å². The molecule has 0 N–H and O–H groups in total. The van der Waals surface area contributed by atoms with Gasteiger partial charge in [0, 0.05) is 6.07 Å². The molecule has 0 fully saturated rings. The lowest BCUT2D eigenvalue weighted by atomic mass is 10.1. The van der Waals surface area contributed by atoms with Crippen molar-refractivity contribution >= 4 is 11.7 Å². The van der Waals surface area contributed by atoms with Crippen LogP contribution in [0.25, 0.3) is 0 Å². The minimum absolute atomic E-state index is 0.0161. The highest BCUT2D eigenvalue weighted by atomic mass is 19.1. The minimum atomic E-state index is -0.971. The van der Waals surface area contributed by atoms with Crippen molar-refractivity contribution in [2.24, 2.45) is 5.92 Å². The first-order chi connectivity index (χ1) is 8.91. The van der Waals surface area contributed by atoms with E-state index in [4.69, 9.17) is 4.74 Å². The number of ether oxygens (including phenoxy) is 1. The fourth-order valence-electron chi connectivity index (χ4n) is 1.52. The summed E-state index contributed by atoms with van der Waals surface area (Å²) in [5, 5.41) is 10.5. The smallest absolute Gasteiger partial charge is 0.338 e. The standard InChI is InChI=1S/C13H16FNO4/c1-9(2)4-3-7-19-13(16)10-5-6-11(14)12(8-10)15(17)18/h5-6,8-9H,3-4,7H2,1-2H3. The van der Waals surface area contributed by atoms with E-state index in [1.54, 1.807) is 0 Å². The summed E-state index contributed by atoms with van der Waals surface area (Å²) >= 11 is 0. The molecule has 0 atom stereocenters. The highest BCUT2D eigenvalue weighted by Crippen LogP contribution is 2.19. The molecule has 0 saturated heterocycles. The predicted octanol–water partition coefficient (Wildman–Crippen LogP) is 3.33. The summed E-state index contributed by atoms with van der Waals surface area (Å²) < 4.78 is 18.1. The van der Waals surface area contributed by atoms with E-state index in [9.17, 15) is 19.3 Å². The molecule has 0 heterocycles. The van der Waals surface area contributed by atoms with E-state index < -0.39 is 22.4 Å². The lowest BCUT2D eigenvalue weighted by molar-refractivity contribution is -0.387. The van der Waals surface area contributed by atoms with Crippen LogP contribution in [0.15, 0.2) is 18.2 Å². The summed E-state index contributed by atoms with van der Waals surface area (Å²) in [6, 6.07) is 2.95. The Hall–Kier alpha value is -1.98. The number of carbonyl (C=O) groups excluding carboxylic acids is 1.